The van der Waals surface area contributed by atoms with Crippen LogP contribution in [0, 0.1) is 5.82 Å². The third-order valence-electron chi connectivity index (χ3n) is 3.80. The first-order valence-corrected chi connectivity index (χ1v) is 10.4. The molecule has 0 aromatic heterocycles. The van der Waals surface area contributed by atoms with Crippen molar-refractivity contribution in [3.05, 3.63) is 58.4 Å². The highest BCUT2D eigenvalue weighted by molar-refractivity contribution is 7.89. The summed E-state index contributed by atoms with van der Waals surface area (Å²) in [6, 6.07) is 9.20. The van der Waals surface area contributed by atoms with E-state index >= 15 is 0 Å². The van der Waals surface area contributed by atoms with Gasteiger partial charge in [0, 0.05) is 23.0 Å². The smallest absolute Gasteiger partial charge is 0.161 e. The predicted molar refractivity (Wildman–Crippen MR) is 105 cm³/mol. The van der Waals surface area contributed by atoms with Gasteiger partial charge in [0.05, 0.1) is 24.8 Å². The van der Waals surface area contributed by atoms with E-state index in [0.29, 0.717) is 33.4 Å². The number of hydrogen-bond acceptors (Lipinski definition) is 6. The minimum atomic E-state index is -3.18. The Balaban J connectivity index is 1.85. The molecule has 0 unspecified atom stereocenters. The maximum absolute atomic E-state index is 13.4. The number of nitrogens with zero attached hydrogens (tertiary/aromatic N) is 3. The van der Waals surface area contributed by atoms with E-state index in [1.807, 2.05) is 0 Å². The van der Waals surface area contributed by atoms with E-state index in [9.17, 15) is 12.8 Å². The van der Waals surface area contributed by atoms with Crippen molar-refractivity contribution in [1.29, 1.82) is 0 Å². The molecule has 6 nitrogen and oxygen atoms in total. The summed E-state index contributed by atoms with van der Waals surface area (Å²) in [5.41, 5.74) is 1.85. The summed E-state index contributed by atoms with van der Waals surface area (Å²) in [6.45, 7) is 0.248. The molecule has 0 saturated carbocycles. The lowest BCUT2D eigenvalue weighted by atomic mass is 10.1. The predicted octanol–water partition coefficient (Wildman–Crippen LogP) is 3.28. The van der Waals surface area contributed by atoms with Crippen LogP contribution in [0.15, 0.2) is 46.4 Å². The number of amidine groups is 1. The summed E-state index contributed by atoms with van der Waals surface area (Å²) in [5.74, 6) is 0.251. The van der Waals surface area contributed by atoms with Gasteiger partial charge in [-0.2, -0.15) is 0 Å². The van der Waals surface area contributed by atoms with Crippen molar-refractivity contribution in [2.75, 3.05) is 24.9 Å². The summed E-state index contributed by atoms with van der Waals surface area (Å²) in [5, 5.41) is 0.425. The van der Waals surface area contributed by atoms with Gasteiger partial charge >= 0.3 is 0 Å². The summed E-state index contributed by atoms with van der Waals surface area (Å²) in [7, 11) is -1.73. The maximum Gasteiger partial charge on any atom is 0.161 e. The first-order valence-electron chi connectivity index (χ1n) is 7.91. The minimum absolute atomic E-state index is 0.104. The highest BCUT2D eigenvalue weighted by Gasteiger charge is 2.16. The average Bonchev–Trinajstić information content (AvgIpc) is 2.60. The van der Waals surface area contributed by atoms with Gasteiger partial charge < -0.3 is 9.64 Å². The van der Waals surface area contributed by atoms with Crippen LogP contribution < -0.4 is 9.64 Å². The van der Waals surface area contributed by atoms with Crippen LogP contribution in [-0.2, 0) is 15.6 Å². The molecule has 0 N–H and O–H groups in total. The van der Waals surface area contributed by atoms with Crippen molar-refractivity contribution in [2.45, 2.75) is 5.75 Å². The van der Waals surface area contributed by atoms with Crippen LogP contribution in [0.2, 0.25) is 5.02 Å². The number of anilines is 1. The number of benzene rings is 2. The van der Waals surface area contributed by atoms with Crippen molar-refractivity contribution >= 4 is 39.3 Å². The molecule has 0 spiro atoms. The standard InChI is InChI=1S/C18H17ClFN3O3S/c1-26-17-8-14(20)3-4-16(17)18-21-10-23(11-22-18)15-6-12(5-13(19)7-15)9-27(2,24)25/h3-8,10H,9,11H2,1-2H3. The molecule has 3 rings (SSSR count). The van der Waals surface area contributed by atoms with Gasteiger partial charge in [-0.1, -0.05) is 11.6 Å². The van der Waals surface area contributed by atoms with E-state index in [1.54, 1.807) is 35.5 Å². The first-order chi connectivity index (χ1) is 12.7. The van der Waals surface area contributed by atoms with Crippen LogP contribution in [0.5, 0.6) is 5.75 Å². The minimum Gasteiger partial charge on any atom is -0.496 e. The molecule has 27 heavy (non-hydrogen) atoms. The topological polar surface area (TPSA) is 71.3 Å². The molecule has 0 radical (unpaired) electrons. The fraction of sp³-hybridized carbons (Fsp3) is 0.222. The summed E-state index contributed by atoms with van der Waals surface area (Å²) in [6.07, 6.45) is 2.74. The van der Waals surface area contributed by atoms with Gasteiger partial charge in [0.15, 0.2) is 15.7 Å². The lowest BCUT2D eigenvalue weighted by molar-refractivity contribution is 0.410. The Hall–Kier alpha value is -2.45. The number of ether oxygens (including phenoxy) is 1. The Morgan fingerprint density at radius 2 is 2.04 bits per heavy atom. The van der Waals surface area contributed by atoms with Crippen LogP contribution in [0.25, 0.3) is 0 Å². The van der Waals surface area contributed by atoms with Crippen LogP contribution in [0.3, 0.4) is 0 Å². The molecular formula is C18H17ClFN3O3S. The Morgan fingerprint density at radius 1 is 1.26 bits per heavy atom. The zero-order valence-corrected chi connectivity index (χ0v) is 16.3. The number of methoxy groups -OCH3 is 1. The molecule has 0 fully saturated rings. The summed E-state index contributed by atoms with van der Waals surface area (Å²) < 4.78 is 41.6. The number of hydrogen-bond donors (Lipinski definition) is 0. The van der Waals surface area contributed by atoms with Gasteiger partial charge in [-0.3, -0.25) is 0 Å². The van der Waals surface area contributed by atoms with Gasteiger partial charge in [0.2, 0.25) is 0 Å². The van der Waals surface area contributed by atoms with E-state index in [2.05, 4.69) is 9.98 Å². The first kappa shape index (κ1) is 19.3. The largest absolute Gasteiger partial charge is 0.496 e. The van der Waals surface area contributed by atoms with Crippen molar-refractivity contribution in [3.8, 4) is 5.75 Å². The lowest BCUT2D eigenvalue weighted by Crippen LogP contribution is -2.27. The molecule has 0 saturated heterocycles. The van der Waals surface area contributed by atoms with Gasteiger partial charge in [0.1, 0.15) is 18.2 Å². The molecule has 0 bridgehead atoms. The third kappa shape index (κ3) is 4.84. The van der Waals surface area contributed by atoms with Gasteiger partial charge in [-0.05, 0) is 35.9 Å². The zero-order valence-electron chi connectivity index (χ0n) is 14.7. The normalized spacial score (nSPS) is 14.2. The van der Waals surface area contributed by atoms with Gasteiger partial charge in [-0.25, -0.2) is 22.8 Å². The number of rotatable bonds is 5. The molecule has 2 aromatic rings. The molecule has 0 aliphatic carbocycles. The zero-order chi connectivity index (χ0) is 19.6. The maximum atomic E-state index is 13.4. The molecule has 9 heteroatoms. The van der Waals surface area contributed by atoms with Crippen LogP contribution in [0.1, 0.15) is 11.1 Å². The van der Waals surface area contributed by atoms with Crippen LogP contribution in [-0.4, -0.2) is 40.6 Å². The highest BCUT2D eigenvalue weighted by Crippen LogP contribution is 2.26. The molecule has 1 aliphatic rings. The Bertz CT molecular complexity index is 1040. The SMILES string of the molecule is COc1cc(F)ccc1C1=NCN(c2cc(Cl)cc(CS(C)(=O)=O)c2)C=N1. The number of sulfone groups is 1. The lowest BCUT2D eigenvalue weighted by Gasteiger charge is -2.22. The quantitative estimate of drug-likeness (QED) is 0.759. The summed E-state index contributed by atoms with van der Waals surface area (Å²) >= 11 is 6.12. The Morgan fingerprint density at radius 3 is 2.67 bits per heavy atom. The van der Waals surface area contributed by atoms with E-state index in [0.717, 1.165) is 0 Å². The molecule has 1 heterocycles. The highest BCUT2D eigenvalue weighted by atomic mass is 35.5. The van der Waals surface area contributed by atoms with E-state index in [4.69, 9.17) is 16.3 Å². The summed E-state index contributed by atoms with van der Waals surface area (Å²) in [4.78, 5) is 10.5. The second-order valence-corrected chi connectivity index (χ2v) is 8.65. The fourth-order valence-corrected chi connectivity index (χ4v) is 3.71. The van der Waals surface area contributed by atoms with Gasteiger partial charge in [0.25, 0.3) is 0 Å². The number of aliphatic imine (C=N–C) groups is 2. The van der Waals surface area contributed by atoms with E-state index in [1.165, 1.54) is 25.5 Å². The molecule has 2 aromatic carbocycles. The molecule has 1 aliphatic heterocycles. The molecule has 0 atom stereocenters. The third-order valence-corrected chi connectivity index (χ3v) is 4.88. The number of halogens is 2. The van der Waals surface area contributed by atoms with Crippen molar-refractivity contribution in [1.82, 2.24) is 0 Å². The molecule has 0 amide bonds. The van der Waals surface area contributed by atoms with Gasteiger partial charge in [-0.15, -0.1) is 0 Å². The average molecular weight is 410 g/mol. The van der Waals surface area contributed by atoms with E-state index < -0.39 is 15.7 Å². The second kappa shape index (κ2) is 7.66. The van der Waals surface area contributed by atoms with Crippen LogP contribution >= 0.6 is 11.6 Å². The van der Waals surface area contributed by atoms with Crippen molar-refractivity contribution in [3.63, 3.8) is 0 Å². The van der Waals surface area contributed by atoms with E-state index in [-0.39, 0.29) is 12.4 Å². The molecule has 142 valence electrons. The monoisotopic (exact) mass is 409 g/mol. The fourth-order valence-electron chi connectivity index (χ4n) is 2.68. The van der Waals surface area contributed by atoms with Crippen molar-refractivity contribution in [2.24, 2.45) is 9.98 Å². The molecular weight excluding hydrogens is 393 g/mol. The Kier molecular flexibility index (Phi) is 5.48. The Labute approximate surface area is 161 Å². The van der Waals surface area contributed by atoms with Crippen LogP contribution in [0.4, 0.5) is 10.1 Å². The van der Waals surface area contributed by atoms with Crippen molar-refractivity contribution < 1.29 is 17.5 Å². The second-order valence-electron chi connectivity index (χ2n) is 6.07.